The zero-order valence-electron chi connectivity index (χ0n) is 13.8. The molecule has 3 heterocycles. The van der Waals surface area contributed by atoms with E-state index in [1.54, 1.807) is 12.3 Å². The number of fused-ring (bicyclic) bond motifs is 2. The highest BCUT2D eigenvalue weighted by molar-refractivity contribution is 5.97. The predicted octanol–water partition coefficient (Wildman–Crippen LogP) is 2.15. The first kappa shape index (κ1) is 15.2. The fraction of sp³-hybridized carbons (Fsp3) is 0.150. The highest BCUT2D eigenvalue weighted by Crippen LogP contribution is 2.34. The molecule has 130 valence electrons. The van der Waals surface area contributed by atoms with Crippen LogP contribution in [0.5, 0.6) is 0 Å². The Labute approximate surface area is 149 Å². The van der Waals surface area contributed by atoms with Crippen LogP contribution in [0.15, 0.2) is 71.4 Å². The molecule has 0 spiro atoms. The molecule has 1 amide bonds. The van der Waals surface area contributed by atoms with Crippen LogP contribution in [0.2, 0.25) is 0 Å². The van der Waals surface area contributed by atoms with E-state index in [4.69, 9.17) is 4.42 Å². The van der Waals surface area contributed by atoms with E-state index in [2.05, 4.69) is 10.7 Å². The molecule has 0 bridgehead atoms. The summed E-state index contributed by atoms with van der Waals surface area (Å²) in [5, 5.41) is 16.3. The third kappa shape index (κ3) is 2.31. The normalized spacial score (nSPS) is 25.1. The van der Waals surface area contributed by atoms with Crippen molar-refractivity contribution in [2.75, 3.05) is 0 Å². The van der Waals surface area contributed by atoms with Gasteiger partial charge in [-0.15, -0.1) is 0 Å². The van der Waals surface area contributed by atoms with Gasteiger partial charge in [0.05, 0.1) is 12.2 Å². The summed E-state index contributed by atoms with van der Waals surface area (Å²) >= 11 is 0. The van der Waals surface area contributed by atoms with Crippen molar-refractivity contribution < 1.29 is 14.3 Å². The summed E-state index contributed by atoms with van der Waals surface area (Å²) in [6.07, 6.45) is 1.97. The Balaban J connectivity index is 1.52. The molecular formula is C20H17N3O3. The number of benzene rings is 2. The van der Waals surface area contributed by atoms with Crippen molar-refractivity contribution in [3.05, 3.63) is 78.1 Å². The number of hydrogen-bond acceptors (Lipinski definition) is 5. The standard InChI is InChI=1S/C20H17N3O3/c24-17-11-15(13-6-7-16-14(10-13)8-9-26-16)21-19-18(20(25)22-23(17)19)12-4-2-1-3-5-12/h1-11,18-22,25H. The smallest absolute Gasteiger partial charge is 0.264 e. The molecule has 26 heavy (non-hydrogen) atoms. The van der Waals surface area contributed by atoms with E-state index in [0.29, 0.717) is 0 Å². The molecule has 0 saturated carbocycles. The highest BCUT2D eigenvalue weighted by Gasteiger charge is 2.45. The molecule has 5 rings (SSSR count). The van der Waals surface area contributed by atoms with E-state index >= 15 is 0 Å². The van der Waals surface area contributed by atoms with Crippen molar-refractivity contribution in [1.29, 1.82) is 0 Å². The van der Waals surface area contributed by atoms with Gasteiger partial charge in [-0.05, 0) is 35.4 Å². The molecule has 1 saturated heterocycles. The monoisotopic (exact) mass is 347 g/mol. The summed E-state index contributed by atoms with van der Waals surface area (Å²) in [7, 11) is 0. The van der Waals surface area contributed by atoms with Gasteiger partial charge in [-0.1, -0.05) is 30.3 Å². The van der Waals surface area contributed by atoms with E-state index in [1.807, 2.05) is 54.6 Å². The fourth-order valence-corrected chi connectivity index (χ4v) is 3.73. The second-order valence-corrected chi connectivity index (χ2v) is 6.54. The molecular weight excluding hydrogens is 330 g/mol. The second kappa shape index (κ2) is 5.72. The Bertz CT molecular complexity index is 1010. The van der Waals surface area contributed by atoms with Gasteiger partial charge in [0, 0.05) is 17.2 Å². The molecule has 2 aliphatic heterocycles. The number of rotatable bonds is 2. The maximum absolute atomic E-state index is 12.6. The largest absolute Gasteiger partial charge is 0.464 e. The third-order valence-corrected chi connectivity index (χ3v) is 4.99. The molecule has 0 radical (unpaired) electrons. The van der Waals surface area contributed by atoms with Crippen LogP contribution in [0, 0.1) is 0 Å². The molecule has 1 fully saturated rings. The topological polar surface area (TPSA) is 77.7 Å². The maximum Gasteiger partial charge on any atom is 0.264 e. The van der Waals surface area contributed by atoms with Crippen molar-refractivity contribution >= 4 is 22.6 Å². The Morgan fingerprint density at radius 2 is 1.92 bits per heavy atom. The van der Waals surface area contributed by atoms with Crippen LogP contribution in [-0.4, -0.2) is 28.4 Å². The van der Waals surface area contributed by atoms with Crippen LogP contribution in [-0.2, 0) is 4.79 Å². The molecule has 3 atom stereocenters. The lowest BCUT2D eigenvalue weighted by Crippen LogP contribution is -2.52. The van der Waals surface area contributed by atoms with Gasteiger partial charge in [-0.3, -0.25) is 4.79 Å². The number of nitrogens with zero attached hydrogens (tertiary/aromatic N) is 1. The van der Waals surface area contributed by atoms with E-state index < -0.39 is 6.23 Å². The number of hydrogen-bond donors (Lipinski definition) is 3. The lowest BCUT2D eigenvalue weighted by atomic mass is 9.94. The van der Waals surface area contributed by atoms with Crippen molar-refractivity contribution in [1.82, 2.24) is 15.8 Å². The lowest BCUT2D eigenvalue weighted by molar-refractivity contribution is -0.131. The minimum absolute atomic E-state index is 0.187. The predicted molar refractivity (Wildman–Crippen MR) is 96.3 cm³/mol. The minimum Gasteiger partial charge on any atom is -0.464 e. The van der Waals surface area contributed by atoms with Gasteiger partial charge < -0.3 is 14.8 Å². The van der Waals surface area contributed by atoms with Crippen LogP contribution in [0.4, 0.5) is 0 Å². The number of furan rings is 1. The maximum atomic E-state index is 12.6. The van der Waals surface area contributed by atoms with Gasteiger partial charge in [0.25, 0.3) is 5.91 Å². The number of carbonyl (C=O) groups is 1. The first-order valence-corrected chi connectivity index (χ1v) is 8.49. The lowest BCUT2D eigenvalue weighted by Gasteiger charge is -2.32. The summed E-state index contributed by atoms with van der Waals surface area (Å²) in [4.78, 5) is 12.6. The molecule has 6 nitrogen and oxygen atoms in total. The van der Waals surface area contributed by atoms with Gasteiger partial charge in [0.2, 0.25) is 0 Å². The van der Waals surface area contributed by atoms with Gasteiger partial charge >= 0.3 is 0 Å². The summed E-state index contributed by atoms with van der Waals surface area (Å²) in [5.41, 5.74) is 6.27. The molecule has 0 aliphatic carbocycles. The van der Waals surface area contributed by atoms with Gasteiger partial charge in [0.1, 0.15) is 18.0 Å². The Morgan fingerprint density at radius 3 is 2.77 bits per heavy atom. The number of aliphatic hydroxyl groups excluding tert-OH is 1. The van der Waals surface area contributed by atoms with Crippen molar-refractivity contribution in [2.24, 2.45) is 0 Å². The molecule has 2 aliphatic rings. The van der Waals surface area contributed by atoms with Crippen molar-refractivity contribution in [2.45, 2.75) is 18.3 Å². The van der Waals surface area contributed by atoms with Crippen molar-refractivity contribution in [3.63, 3.8) is 0 Å². The van der Waals surface area contributed by atoms with E-state index in [9.17, 15) is 9.90 Å². The average molecular weight is 347 g/mol. The van der Waals surface area contributed by atoms with Crippen LogP contribution in [0.3, 0.4) is 0 Å². The minimum atomic E-state index is -0.844. The summed E-state index contributed by atoms with van der Waals surface area (Å²) in [6.45, 7) is 0. The quantitative estimate of drug-likeness (QED) is 0.662. The highest BCUT2D eigenvalue weighted by atomic mass is 16.3. The summed E-state index contributed by atoms with van der Waals surface area (Å²) < 4.78 is 5.38. The first-order valence-electron chi connectivity index (χ1n) is 8.49. The summed E-state index contributed by atoms with van der Waals surface area (Å²) in [5.74, 6) is -0.463. The number of amides is 1. The van der Waals surface area contributed by atoms with Gasteiger partial charge in [-0.25, -0.2) is 10.4 Å². The fourth-order valence-electron chi connectivity index (χ4n) is 3.73. The van der Waals surface area contributed by atoms with E-state index in [-0.39, 0.29) is 18.0 Å². The number of nitrogens with one attached hydrogen (secondary N) is 2. The molecule has 6 heteroatoms. The van der Waals surface area contributed by atoms with Crippen LogP contribution >= 0.6 is 0 Å². The second-order valence-electron chi connectivity index (χ2n) is 6.54. The Hall–Kier alpha value is -3.09. The first-order chi connectivity index (χ1) is 12.7. The van der Waals surface area contributed by atoms with E-state index in [1.165, 1.54) is 5.01 Å². The average Bonchev–Trinajstić information content (AvgIpc) is 3.25. The van der Waals surface area contributed by atoms with Crippen molar-refractivity contribution in [3.8, 4) is 0 Å². The van der Waals surface area contributed by atoms with Gasteiger partial charge in [0.15, 0.2) is 0 Å². The Morgan fingerprint density at radius 1 is 1.08 bits per heavy atom. The molecule has 1 aromatic heterocycles. The SMILES string of the molecule is O=C1C=C(c2ccc3occc3c2)NC2C(c3ccccc3)C(O)NN12. The molecule has 2 aromatic carbocycles. The van der Waals surface area contributed by atoms with E-state index in [0.717, 1.165) is 27.8 Å². The number of aliphatic hydroxyl groups is 1. The van der Waals surface area contributed by atoms with Crippen LogP contribution in [0.25, 0.3) is 16.7 Å². The zero-order chi connectivity index (χ0) is 17.7. The molecule has 3 N–H and O–H groups in total. The molecule has 3 aromatic rings. The Kier molecular flexibility index (Phi) is 3.34. The third-order valence-electron chi connectivity index (χ3n) is 4.99. The zero-order valence-corrected chi connectivity index (χ0v) is 13.8. The van der Waals surface area contributed by atoms with Gasteiger partial charge in [-0.2, -0.15) is 0 Å². The van der Waals surface area contributed by atoms with Crippen LogP contribution in [0.1, 0.15) is 17.0 Å². The molecule has 3 unspecified atom stereocenters. The number of hydrazine groups is 1. The van der Waals surface area contributed by atoms with Crippen LogP contribution < -0.4 is 10.7 Å². The number of carbonyl (C=O) groups excluding carboxylic acids is 1. The summed E-state index contributed by atoms with van der Waals surface area (Å²) in [6, 6.07) is 17.4.